The van der Waals surface area contributed by atoms with Gasteiger partial charge in [0.2, 0.25) is 15.8 Å². The van der Waals surface area contributed by atoms with Crippen molar-refractivity contribution >= 4 is 32.6 Å². The van der Waals surface area contributed by atoms with E-state index >= 15 is 0 Å². The molecule has 0 aliphatic carbocycles. The Kier molecular flexibility index (Phi) is 6.18. The van der Waals surface area contributed by atoms with Gasteiger partial charge >= 0.3 is 0 Å². The average molecular weight is 514 g/mol. The summed E-state index contributed by atoms with van der Waals surface area (Å²) in [6, 6.07) is 5.77. The lowest BCUT2D eigenvalue weighted by Gasteiger charge is -2.17. The predicted octanol–water partition coefficient (Wildman–Crippen LogP) is 1.44. The van der Waals surface area contributed by atoms with Crippen molar-refractivity contribution in [3.63, 3.8) is 0 Å². The number of aromatic nitrogens is 5. The van der Waals surface area contributed by atoms with Crippen molar-refractivity contribution in [2.24, 2.45) is 0 Å². The van der Waals surface area contributed by atoms with Gasteiger partial charge in [-0.3, -0.25) is 9.89 Å². The van der Waals surface area contributed by atoms with Crippen molar-refractivity contribution < 1.29 is 22.7 Å². The summed E-state index contributed by atoms with van der Waals surface area (Å²) in [6.07, 6.45) is 4.33. The van der Waals surface area contributed by atoms with E-state index < -0.39 is 21.6 Å². The van der Waals surface area contributed by atoms with E-state index in [1.807, 2.05) is 4.90 Å². The lowest BCUT2D eigenvalue weighted by atomic mass is 10.2. The van der Waals surface area contributed by atoms with Crippen LogP contribution >= 0.6 is 0 Å². The third-order valence-electron chi connectivity index (χ3n) is 6.30. The second-order valence-electron chi connectivity index (χ2n) is 8.58. The molecule has 13 heteroatoms. The Hall–Kier alpha value is -3.84. The first-order valence-corrected chi connectivity index (χ1v) is 12.8. The van der Waals surface area contributed by atoms with E-state index in [0.29, 0.717) is 42.1 Å². The monoisotopic (exact) mass is 513 g/mol. The summed E-state index contributed by atoms with van der Waals surface area (Å²) in [5.41, 5.74) is 1.20. The number of hydrogen-bond donors (Lipinski definition) is 3. The molecule has 0 bridgehead atoms. The topological polar surface area (TPSA) is 146 Å². The number of anilines is 1. The molecule has 36 heavy (non-hydrogen) atoms. The first-order chi connectivity index (χ1) is 17.3. The quantitative estimate of drug-likeness (QED) is 0.336. The van der Waals surface area contributed by atoms with Gasteiger partial charge in [-0.2, -0.15) is 5.10 Å². The zero-order valence-corrected chi connectivity index (χ0v) is 20.2. The molecule has 1 fully saturated rings. The maximum Gasteiger partial charge on any atom is 0.268 e. The van der Waals surface area contributed by atoms with E-state index in [9.17, 15) is 22.7 Å². The molecule has 4 heterocycles. The molecular weight excluding hydrogens is 489 g/mol. The maximum atomic E-state index is 13.5. The zero-order chi connectivity index (χ0) is 25.4. The van der Waals surface area contributed by atoms with Gasteiger partial charge in [-0.25, -0.2) is 22.8 Å². The molecule has 0 spiro atoms. The second-order valence-corrected chi connectivity index (χ2v) is 10.5. The van der Waals surface area contributed by atoms with E-state index in [2.05, 4.69) is 25.5 Å². The number of H-pyrrole nitrogens is 1. The van der Waals surface area contributed by atoms with Crippen molar-refractivity contribution in [2.75, 3.05) is 24.6 Å². The molecule has 1 aliphatic heterocycles. The van der Waals surface area contributed by atoms with Gasteiger partial charge in [0.05, 0.1) is 40.5 Å². The molecule has 1 amide bonds. The molecule has 1 aromatic carbocycles. The number of aliphatic hydroxyl groups excluding tert-OH is 1. The van der Waals surface area contributed by atoms with Crippen LogP contribution in [0.2, 0.25) is 0 Å². The van der Waals surface area contributed by atoms with Gasteiger partial charge < -0.3 is 19.9 Å². The molecule has 0 saturated carbocycles. The number of carbonyl (C=O) groups excluding carboxylic acids is 1. The fraction of sp³-hybridized carbons (Fsp3) is 0.304. The van der Waals surface area contributed by atoms with Crippen LogP contribution in [0, 0.1) is 12.7 Å². The summed E-state index contributed by atoms with van der Waals surface area (Å²) in [7, 11) is -3.95. The number of aromatic amines is 1. The Labute approximate surface area is 205 Å². The number of rotatable bonds is 7. The summed E-state index contributed by atoms with van der Waals surface area (Å²) in [5, 5.41) is 19.9. The minimum absolute atomic E-state index is 0.00305. The summed E-state index contributed by atoms with van der Waals surface area (Å²) in [6.45, 7) is 2.40. The number of halogens is 1. The van der Waals surface area contributed by atoms with Crippen molar-refractivity contribution in [3.05, 3.63) is 60.1 Å². The van der Waals surface area contributed by atoms with Crippen LogP contribution in [0.4, 0.5) is 10.3 Å². The largest absolute Gasteiger partial charge is 0.395 e. The molecule has 0 radical (unpaired) electrons. The van der Waals surface area contributed by atoms with Crippen molar-refractivity contribution in [1.82, 2.24) is 30.0 Å². The van der Waals surface area contributed by atoms with Gasteiger partial charge in [0.1, 0.15) is 5.69 Å². The fourth-order valence-corrected chi connectivity index (χ4v) is 6.02. The number of sulfone groups is 1. The fourth-order valence-electron chi connectivity index (χ4n) is 4.47. The van der Waals surface area contributed by atoms with Crippen molar-refractivity contribution in [3.8, 4) is 0 Å². The van der Waals surface area contributed by atoms with Gasteiger partial charge in [0.15, 0.2) is 5.82 Å². The number of aliphatic hydroxyl groups is 1. The minimum atomic E-state index is -3.95. The van der Waals surface area contributed by atoms with Crippen LogP contribution in [0.3, 0.4) is 0 Å². The van der Waals surface area contributed by atoms with E-state index in [1.165, 1.54) is 22.8 Å². The lowest BCUT2D eigenvalue weighted by Crippen LogP contribution is -2.38. The highest BCUT2D eigenvalue weighted by Gasteiger charge is 2.30. The number of nitrogens with zero attached hydrogens (tertiary/aromatic N) is 5. The summed E-state index contributed by atoms with van der Waals surface area (Å²) in [4.78, 5) is 23.1. The highest BCUT2D eigenvalue weighted by Crippen LogP contribution is 2.29. The van der Waals surface area contributed by atoms with E-state index in [0.717, 1.165) is 12.4 Å². The van der Waals surface area contributed by atoms with Crippen molar-refractivity contribution in [1.29, 1.82) is 0 Å². The van der Waals surface area contributed by atoms with Crippen LogP contribution in [0.1, 0.15) is 22.6 Å². The van der Waals surface area contributed by atoms with Gasteiger partial charge in [0, 0.05) is 36.8 Å². The molecule has 1 aliphatic rings. The minimum Gasteiger partial charge on any atom is -0.395 e. The number of nitrogens with one attached hydrogen (secondary N) is 2. The third-order valence-corrected chi connectivity index (χ3v) is 8.17. The average Bonchev–Trinajstić information content (AvgIpc) is 3.59. The highest BCUT2D eigenvalue weighted by molar-refractivity contribution is 7.91. The van der Waals surface area contributed by atoms with Crippen LogP contribution in [0.25, 0.3) is 10.9 Å². The summed E-state index contributed by atoms with van der Waals surface area (Å²) < 4.78 is 41.6. The number of benzene rings is 1. The zero-order valence-electron chi connectivity index (χ0n) is 19.3. The van der Waals surface area contributed by atoms with E-state index in [-0.39, 0.29) is 34.7 Å². The Morgan fingerprint density at radius 1 is 1.25 bits per heavy atom. The Morgan fingerprint density at radius 3 is 2.78 bits per heavy atom. The number of hydrogen-bond acceptors (Lipinski definition) is 8. The van der Waals surface area contributed by atoms with Gasteiger partial charge in [0.25, 0.3) is 5.91 Å². The first-order valence-electron chi connectivity index (χ1n) is 11.3. The van der Waals surface area contributed by atoms with Crippen LogP contribution in [-0.4, -0.2) is 69.9 Å². The Balaban J connectivity index is 1.40. The number of carbonyl (C=O) groups is 1. The molecule has 3 aromatic heterocycles. The normalized spacial score (nSPS) is 16.1. The van der Waals surface area contributed by atoms with Crippen molar-refractivity contribution in [2.45, 2.75) is 35.7 Å². The van der Waals surface area contributed by atoms with Crippen LogP contribution < -0.4 is 10.2 Å². The SMILES string of the molecule is Cc1c(S(=O)(=O)c2ccc3[nH]ncc3c2)cc(C(=O)N[C@@H]2CCN(c3ncc(F)cn3)C2)n1CCO. The van der Waals surface area contributed by atoms with E-state index in [1.54, 1.807) is 19.2 Å². The third kappa shape index (κ3) is 4.31. The molecule has 4 aromatic rings. The van der Waals surface area contributed by atoms with Crippen LogP contribution in [-0.2, 0) is 16.4 Å². The second kappa shape index (κ2) is 9.32. The molecule has 0 unspecified atom stereocenters. The van der Waals surface area contributed by atoms with E-state index in [4.69, 9.17) is 0 Å². The predicted molar refractivity (Wildman–Crippen MR) is 128 cm³/mol. The molecule has 11 nitrogen and oxygen atoms in total. The maximum absolute atomic E-state index is 13.5. The Morgan fingerprint density at radius 2 is 2.03 bits per heavy atom. The highest BCUT2D eigenvalue weighted by atomic mass is 32.2. The van der Waals surface area contributed by atoms with Gasteiger partial charge in [-0.05, 0) is 37.6 Å². The van der Waals surface area contributed by atoms with Crippen LogP contribution in [0.5, 0.6) is 0 Å². The van der Waals surface area contributed by atoms with Gasteiger partial charge in [-0.1, -0.05) is 0 Å². The molecule has 1 saturated heterocycles. The number of fused-ring (bicyclic) bond motifs is 1. The Bertz CT molecular complexity index is 1530. The van der Waals surface area contributed by atoms with Crippen LogP contribution in [0.15, 0.2) is 52.6 Å². The molecular formula is C23H24FN7O4S. The molecule has 188 valence electrons. The smallest absolute Gasteiger partial charge is 0.268 e. The summed E-state index contributed by atoms with van der Waals surface area (Å²) in [5.74, 6) is -0.612. The lowest BCUT2D eigenvalue weighted by molar-refractivity contribution is 0.0929. The molecule has 5 rings (SSSR count). The molecule has 1 atom stereocenters. The number of amides is 1. The standard InChI is InChI=1S/C23H24FN7O4S/c1-14-21(36(34,35)18-2-3-19-15(8-18)10-27-29-19)9-20(31(14)6-7-32)22(33)28-17-4-5-30(13-17)23-25-11-16(24)12-26-23/h2-3,8-12,17,32H,4-7,13H2,1H3,(H,27,29)(H,28,33)/t17-/m1/s1. The van der Waals surface area contributed by atoms with Gasteiger partial charge in [-0.15, -0.1) is 0 Å². The molecule has 3 N–H and O–H groups in total. The summed E-state index contributed by atoms with van der Waals surface area (Å²) >= 11 is 0. The first kappa shape index (κ1) is 23.9.